The minimum Gasteiger partial charge on any atom is -0.465 e. The Morgan fingerprint density at radius 3 is 2.52 bits per heavy atom. The first-order valence-electron chi connectivity index (χ1n) is 7.54. The molecule has 0 amide bonds. The highest BCUT2D eigenvalue weighted by molar-refractivity contribution is 5.89. The number of furan rings is 1. The molecule has 0 radical (unpaired) electrons. The van der Waals surface area contributed by atoms with Gasteiger partial charge in [-0.25, -0.2) is 4.79 Å². The molecule has 1 heterocycles. The Balaban J connectivity index is 1.85. The Bertz CT molecular complexity index is 607. The number of carbonyl (C=O) groups excluding carboxylic acids is 1. The van der Waals surface area contributed by atoms with Crippen LogP contribution in [0.2, 0.25) is 0 Å². The number of esters is 1. The van der Waals surface area contributed by atoms with Crippen molar-refractivity contribution in [3.05, 3.63) is 47.7 Å². The van der Waals surface area contributed by atoms with E-state index in [0.717, 1.165) is 30.2 Å². The molecule has 2 aromatic rings. The highest BCUT2D eigenvalue weighted by atomic mass is 16.5. The molecule has 1 aromatic heterocycles. The normalized spacial score (nSPS) is 10.7. The van der Waals surface area contributed by atoms with Gasteiger partial charge in [0.1, 0.15) is 11.5 Å². The summed E-state index contributed by atoms with van der Waals surface area (Å²) in [6, 6.07) is 10.9. The van der Waals surface area contributed by atoms with Crippen LogP contribution in [-0.4, -0.2) is 44.4 Å². The van der Waals surface area contributed by atoms with E-state index in [1.54, 1.807) is 12.1 Å². The number of aliphatic hydroxyl groups is 1. The molecular weight excluding hydrogens is 296 g/mol. The summed E-state index contributed by atoms with van der Waals surface area (Å²) in [5.41, 5.74) is 1.42. The summed E-state index contributed by atoms with van der Waals surface area (Å²) in [4.78, 5) is 11.4. The number of carbonyl (C=O) groups is 1. The number of benzene rings is 1. The van der Waals surface area contributed by atoms with Gasteiger partial charge in [-0.3, -0.25) is 0 Å². The van der Waals surface area contributed by atoms with Crippen molar-refractivity contribution < 1.29 is 19.1 Å². The fourth-order valence-corrected chi connectivity index (χ4v) is 2.11. The third kappa shape index (κ3) is 5.21. The lowest BCUT2D eigenvalue weighted by Crippen LogP contribution is -2.28. The van der Waals surface area contributed by atoms with E-state index in [2.05, 4.69) is 15.4 Å². The molecule has 2 rings (SSSR count). The smallest absolute Gasteiger partial charge is 0.337 e. The number of hydrogen-bond acceptors (Lipinski definition) is 6. The van der Waals surface area contributed by atoms with E-state index in [0.29, 0.717) is 18.7 Å². The van der Waals surface area contributed by atoms with Crippen LogP contribution >= 0.6 is 0 Å². The van der Waals surface area contributed by atoms with Crippen molar-refractivity contribution in [1.29, 1.82) is 0 Å². The summed E-state index contributed by atoms with van der Waals surface area (Å²) in [5.74, 6) is 1.26. The maximum atomic E-state index is 11.4. The molecule has 1 aromatic carbocycles. The molecule has 6 heteroatoms. The SMILES string of the molecule is COC(=O)c1ccc(-c2ccc(CNCCNCCO)o2)cc1. The topological polar surface area (TPSA) is 83.7 Å². The summed E-state index contributed by atoms with van der Waals surface area (Å²) < 4.78 is 10.5. The molecule has 124 valence electrons. The third-order valence-corrected chi connectivity index (χ3v) is 3.32. The van der Waals surface area contributed by atoms with Crippen LogP contribution < -0.4 is 10.6 Å². The highest BCUT2D eigenvalue weighted by Gasteiger charge is 2.08. The van der Waals surface area contributed by atoms with Gasteiger partial charge in [0.15, 0.2) is 0 Å². The highest BCUT2D eigenvalue weighted by Crippen LogP contribution is 2.22. The lowest BCUT2D eigenvalue weighted by molar-refractivity contribution is 0.0600. The molecular formula is C17H22N2O4. The molecule has 0 fully saturated rings. The summed E-state index contributed by atoms with van der Waals surface area (Å²) >= 11 is 0. The van der Waals surface area contributed by atoms with Gasteiger partial charge in [0.25, 0.3) is 0 Å². The van der Waals surface area contributed by atoms with Crippen LogP contribution in [0, 0.1) is 0 Å². The molecule has 0 aliphatic rings. The number of hydrogen-bond donors (Lipinski definition) is 3. The Kier molecular flexibility index (Phi) is 6.80. The average molecular weight is 318 g/mol. The van der Waals surface area contributed by atoms with E-state index in [1.165, 1.54) is 7.11 Å². The molecule has 0 bridgehead atoms. The van der Waals surface area contributed by atoms with Gasteiger partial charge < -0.3 is 24.9 Å². The van der Waals surface area contributed by atoms with Gasteiger partial charge in [-0.15, -0.1) is 0 Å². The molecule has 0 aliphatic carbocycles. The van der Waals surface area contributed by atoms with Crippen LogP contribution in [-0.2, 0) is 11.3 Å². The van der Waals surface area contributed by atoms with Crippen molar-refractivity contribution in [1.82, 2.24) is 10.6 Å². The zero-order chi connectivity index (χ0) is 16.5. The van der Waals surface area contributed by atoms with Crippen LogP contribution in [0.5, 0.6) is 0 Å². The quantitative estimate of drug-likeness (QED) is 0.479. The number of nitrogens with one attached hydrogen (secondary N) is 2. The van der Waals surface area contributed by atoms with Crippen LogP contribution in [0.15, 0.2) is 40.8 Å². The summed E-state index contributed by atoms with van der Waals surface area (Å²) in [7, 11) is 1.36. The van der Waals surface area contributed by atoms with E-state index in [-0.39, 0.29) is 12.6 Å². The summed E-state index contributed by atoms with van der Waals surface area (Å²) in [5, 5.41) is 15.0. The molecule has 0 saturated carbocycles. The Morgan fingerprint density at radius 2 is 1.83 bits per heavy atom. The average Bonchev–Trinajstić information content (AvgIpc) is 3.06. The fourth-order valence-electron chi connectivity index (χ4n) is 2.11. The Hall–Kier alpha value is -2.15. The van der Waals surface area contributed by atoms with E-state index >= 15 is 0 Å². The van der Waals surface area contributed by atoms with Gasteiger partial charge in [-0.05, 0) is 24.3 Å². The molecule has 3 N–H and O–H groups in total. The van der Waals surface area contributed by atoms with Gasteiger partial charge >= 0.3 is 5.97 Å². The van der Waals surface area contributed by atoms with Gasteiger partial charge in [0.2, 0.25) is 0 Å². The van der Waals surface area contributed by atoms with Gasteiger partial charge in [0.05, 0.1) is 25.8 Å². The Morgan fingerprint density at radius 1 is 1.09 bits per heavy atom. The first-order chi connectivity index (χ1) is 11.2. The molecule has 0 unspecified atom stereocenters. The lowest BCUT2D eigenvalue weighted by atomic mass is 10.1. The van der Waals surface area contributed by atoms with E-state index in [4.69, 9.17) is 9.52 Å². The third-order valence-electron chi connectivity index (χ3n) is 3.32. The number of aliphatic hydroxyl groups excluding tert-OH is 1. The second-order valence-electron chi connectivity index (χ2n) is 4.99. The second-order valence-corrected chi connectivity index (χ2v) is 4.99. The lowest BCUT2D eigenvalue weighted by Gasteiger charge is -2.04. The van der Waals surface area contributed by atoms with E-state index in [9.17, 15) is 4.79 Å². The number of ether oxygens (including phenoxy) is 1. The monoisotopic (exact) mass is 318 g/mol. The van der Waals surface area contributed by atoms with Crippen LogP contribution in [0.25, 0.3) is 11.3 Å². The number of rotatable bonds is 9. The van der Waals surface area contributed by atoms with Crippen LogP contribution in [0.1, 0.15) is 16.1 Å². The van der Waals surface area contributed by atoms with Gasteiger partial charge in [-0.2, -0.15) is 0 Å². The molecule has 6 nitrogen and oxygen atoms in total. The maximum Gasteiger partial charge on any atom is 0.337 e. The van der Waals surface area contributed by atoms with Gasteiger partial charge in [-0.1, -0.05) is 12.1 Å². The maximum absolute atomic E-state index is 11.4. The van der Waals surface area contributed by atoms with E-state index in [1.807, 2.05) is 24.3 Å². The predicted molar refractivity (Wildman–Crippen MR) is 87.1 cm³/mol. The first kappa shape index (κ1) is 17.2. The van der Waals surface area contributed by atoms with Crippen molar-refractivity contribution in [3.63, 3.8) is 0 Å². The van der Waals surface area contributed by atoms with Crippen molar-refractivity contribution in [2.45, 2.75) is 6.54 Å². The van der Waals surface area contributed by atoms with Crippen LogP contribution in [0.3, 0.4) is 0 Å². The second kappa shape index (κ2) is 9.09. The van der Waals surface area contributed by atoms with Crippen molar-refractivity contribution in [3.8, 4) is 11.3 Å². The molecule has 0 atom stereocenters. The Labute approximate surface area is 135 Å². The molecule has 23 heavy (non-hydrogen) atoms. The summed E-state index contributed by atoms with van der Waals surface area (Å²) in [6.07, 6.45) is 0. The van der Waals surface area contributed by atoms with E-state index < -0.39 is 0 Å². The summed E-state index contributed by atoms with van der Waals surface area (Å²) in [6.45, 7) is 2.98. The van der Waals surface area contributed by atoms with Crippen molar-refractivity contribution in [2.75, 3.05) is 33.4 Å². The largest absolute Gasteiger partial charge is 0.465 e. The molecule has 0 aliphatic heterocycles. The molecule has 0 saturated heterocycles. The standard InChI is InChI=1S/C17H22N2O4/c1-22-17(21)14-4-2-13(3-5-14)16-7-6-15(23-16)12-19-9-8-18-10-11-20/h2-7,18-20H,8-12H2,1H3. The first-order valence-corrected chi connectivity index (χ1v) is 7.54. The fraction of sp³-hybridized carbons (Fsp3) is 0.353. The predicted octanol–water partition coefficient (Wildman–Crippen LogP) is 1.40. The van der Waals surface area contributed by atoms with Crippen molar-refractivity contribution in [2.24, 2.45) is 0 Å². The molecule has 0 spiro atoms. The minimum atomic E-state index is -0.351. The zero-order valence-electron chi connectivity index (χ0n) is 13.2. The number of methoxy groups -OCH3 is 1. The zero-order valence-corrected chi connectivity index (χ0v) is 13.2. The van der Waals surface area contributed by atoms with Crippen molar-refractivity contribution >= 4 is 5.97 Å². The van der Waals surface area contributed by atoms with Gasteiger partial charge in [0, 0.05) is 25.2 Å². The van der Waals surface area contributed by atoms with Crippen LogP contribution in [0.4, 0.5) is 0 Å². The minimum absolute atomic E-state index is 0.149.